The zero-order chi connectivity index (χ0) is 28.2. The van der Waals surface area contributed by atoms with E-state index in [0.717, 1.165) is 24.9 Å². The van der Waals surface area contributed by atoms with Crippen molar-refractivity contribution in [2.24, 2.45) is 5.92 Å². The van der Waals surface area contributed by atoms with Crippen molar-refractivity contribution in [1.29, 1.82) is 0 Å². The number of methoxy groups -OCH3 is 3. The average molecular weight is 537 g/mol. The van der Waals surface area contributed by atoms with Crippen LogP contribution in [-0.2, 0) is 21.5 Å². The van der Waals surface area contributed by atoms with E-state index in [1.54, 1.807) is 6.07 Å². The van der Waals surface area contributed by atoms with Gasteiger partial charge in [0.2, 0.25) is 17.6 Å². The third-order valence-corrected chi connectivity index (χ3v) is 6.90. The minimum atomic E-state index is -0.586. The first-order chi connectivity index (χ1) is 18.6. The molecule has 1 aliphatic rings. The van der Waals surface area contributed by atoms with Gasteiger partial charge in [-0.05, 0) is 30.4 Å². The number of amides is 1. The standard InChI is InChI=1S/C29H36N4O6/c1-29(2,3)20-11-9-18(10-12-20)26-31-25(39-32-26)17-33-13-7-8-19(16-33)27(34)30-22-15-24(37-5)23(36-4)14-21(22)28(35)38-6/h9-12,14-15,19H,7-8,13,16-17H2,1-6H3,(H,30,34). The van der Waals surface area contributed by atoms with Crippen LogP contribution in [-0.4, -0.2) is 61.3 Å². The molecule has 1 aliphatic heterocycles. The van der Waals surface area contributed by atoms with E-state index in [2.05, 4.69) is 53.3 Å². The molecule has 39 heavy (non-hydrogen) atoms. The topological polar surface area (TPSA) is 116 Å². The lowest BCUT2D eigenvalue weighted by molar-refractivity contribution is -0.121. The second-order valence-corrected chi connectivity index (χ2v) is 10.6. The number of nitrogens with zero attached hydrogens (tertiary/aromatic N) is 3. The van der Waals surface area contributed by atoms with Gasteiger partial charge in [-0.25, -0.2) is 4.79 Å². The van der Waals surface area contributed by atoms with Gasteiger partial charge in [-0.1, -0.05) is 50.2 Å². The fourth-order valence-corrected chi connectivity index (χ4v) is 4.66. The number of piperidine rings is 1. The van der Waals surface area contributed by atoms with Gasteiger partial charge in [-0.15, -0.1) is 0 Å². The second-order valence-electron chi connectivity index (χ2n) is 10.6. The molecule has 2 aromatic carbocycles. The number of rotatable bonds is 8. The molecule has 0 saturated carbocycles. The fourth-order valence-electron chi connectivity index (χ4n) is 4.66. The zero-order valence-corrected chi connectivity index (χ0v) is 23.4. The lowest BCUT2D eigenvalue weighted by Crippen LogP contribution is -2.40. The first-order valence-corrected chi connectivity index (χ1v) is 12.9. The van der Waals surface area contributed by atoms with E-state index in [-0.39, 0.29) is 22.8 Å². The van der Waals surface area contributed by atoms with E-state index >= 15 is 0 Å². The normalized spacial score (nSPS) is 16.0. The molecule has 10 nitrogen and oxygen atoms in total. The van der Waals surface area contributed by atoms with Gasteiger partial charge >= 0.3 is 5.97 Å². The average Bonchev–Trinajstić information content (AvgIpc) is 3.40. The molecule has 1 unspecified atom stereocenters. The van der Waals surface area contributed by atoms with Gasteiger partial charge in [0.1, 0.15) is 0 Å². The van der Waals surface area contributed by atoms with Crippen molar-refractivity contribution in [2.75, 3.05) is 39.7 Å². The summed E-state index contributed by atoms with van der Waals surface area (Å²) in [5.41, 5.74) is 2.69. The Labute approximate surface area is 228 Å². The van der Waals surface area contributed by atoms with E-state index in [4.69, 9.17) is 18.7 Å². The Hall–Kier alpha value is -3.92. The molecule has 1 N–H and O–H groups in total. The number of carbonyl (C=O) groups is 2. The molecule has 208 valence electrons. The van der Waals surface area contributed by atoms with Crippen LogP contribution in [0.2, 0.25) is 0 Å². The molecule has 10 heteroatoms. The van der Waals surface area contributed by atoms with Crippen LogP contribution >= 0.6 is 0 Å². The molecule has 0 bridgehead atoms. The molecule has 2 heterocycles. The summed E-state index contributed by atoms with van der Waals surface area (Å²) in [4.78, 5) is 32.3. The smallest absolute Gasteiger partial charge is 0.340 e. The van der Waals surface area contributed by atoms with E-state index in [9.17, 15) is 9.59 Å². The summed E-state index contributed by atoms with van der Waals surface area (Å²) < 4.78 is 21.1. The molecule has 1 amide bonds. The minimum Gasteiger partial charge on any atom is -0.493 e. The highest BCUT2D eigenvalue weighted by Crippen LogP contribution is 2.34. The molecule has 1 fully saturated rings. The Morgan fingerprint density at radius 3 is 2.41 bits per heavy atom. The zero-order valence-electron chi connectivity index (χ0n) is 23.4. The number of aromatic nitrogens is 2. The predicted molar refractivity (Wildman–Crippen MR) is 146 cm³/mol. The first-order valence-electron chi connectivity index (χ1n) is 12.9. The second kappa shape index (κ2) is 11.9. The first kappa shape index (κ1) is 28.1. The summed E-state index contributed by atoms with van der Waals surface area (Å²) in [6, 6.07) is 11.3. The Morgan fingerprint density at radius 1 is 1.08 bits per heavy atom. The number of esters is 1. The molecule has 1 saturated heterocycles. The van der Waals surface area contributed by atoms with Crippen LogP contribution in [0.5, 0.6) is 11.5 Å². The van der Waals surface area contributed by atoms with Gasteiger partial charge < -0.3 is 24.1 Å². The third kappa shape index (κ3) is 6.57. The van der Waals surface area contributed by atoms with Crippen molar-refractivity contribution in [3.8, 4) is 22.9 Å². The monoisotopic (exact) mass is 536 g/mol. The summed E-state index contributed by atoms with van der Waals surface area (Å²) in [6.07, 6.45) is 1.56. The van der Waals surface area contributed by atoms with E-state index < -0.39 is 5.97 Å². The third-order valence-electron chi connectivity index (χ3n) is 6.90. The lowest BCUT2D eigenvalue weighted by Gasteiger charge is -2.31. The number of benzene rings is 2. The largest absolute Gasteiger partial charge is 0.493 e. The van der Waals surface area contributed by atoms with Gasteiger partial charge in [0.05, 0.1) is 45.0 Å². The van der Waals surface area contributed by atoms with E-state index in [1.807, 2.05) is 12.1 Å². The van der Waals surface area contributed by atoms with E-state index in [0.29, 0.717) is 42.0 Å². The van der Waals surface area contributed by atoms with Gasteiger partial charge in [0, 0.05) is 24.2 Å². The Bertz CT molecular complexity index is 1310. The summed E-state index contributed by atoms with van der Waals surface area (Å²) in [5, 5.41) is 7.05. The van der Waals surface area contributed by atoms with Crippen LogP contribution in [0.3, 0.4) is 0 Å². The van der Waals surface area contributed by atoms with Gasteiger partial charge in [-0.2, -0.15) is 4.98 Å². The molecule has 0 radical (unpaired) electrons. The van der Waals surface area contributed by atoms with Crippen molar-refractivity contribution in [3.05, 3.63) is 53.4 Å². The number of likely N-dealkylation sites (tertiary alicyclic amines) is 1. The molecule has 1 atom stereocenters. The predicted octanol–water partition coefficient (Wildman–Crippen LogP) is 4.69. The summed E-state index contributed by atoms with van der Waals surface area (Å²) in [6.45, 7) is 8.29. The summed E-state index contributed by atoms with van der Waals surface area (Å²) >= 11 is 0. The van der Waals surface area contributed by atoms with E-state index in [1.165, 1.54) is 33.0 Å². The fraction of sp³-hybridized carbons (Fsp3) is 0.448. The van der Waals surface area contributed by atoms with Crippen LogP contribution in [0.1, 0.15) is 55.4 Å². The maximum absolute atomic E-state index is 13.3. The minimum absolute atomic E-state index is 0.0678. The summed E-state index contributed by atoms with van der Waals surface area (Å²) in [5.74, 6) is 0.734. The van der Waals surface area contributed by atoms with Crippen molar-refractivity contribution < 1.29 is 28.3 Å². The van der Waals surface area contributed by atoms with Gasteiger partial charge in [-0.3, -0.25) is 9.69 Å². The number of carbonyl (C=O) groups excluding carboxylic acids is 2. The van der Waals surface area contributed by atoms with Crippen molar-refractivity contribution >= 4 is 17.6 Å². The lowest BCUT2D eigenvalue weighted by atomic mass is 9.87. The number of ether oxygens (including phenoxy) is 3. The van der Waals surface area contributed by atoms with Crippen LogP contribution < -0.4 is 14.8 Å². The number of nitrogens with one attached hydrogen (secondary N) is 1. The molecule has 0 aliphatic carbocycles. The van der Waals surface area contributed by atoms with Gasteiger partial charge in [0.15, 0.2) is 11.5 Å². The Balaban J connectivity index is 1.42. The maximum Gasteiger partial charge on any atom is 0.340 e. The maximum atomic E-state index is 13.3. The number of hydrogen-bond acceptors (Lipinski definition) is 9. The molecular formula is C29H36N4O6. The molecule has 0 spiro atoms. The van der Waals surface area contributed by atoms with Gasteiger partial charge in [0.25, 0.3) is 0 Å². The van der Waals surface area contributed by atoms with Crippen LogP contribution in [0.15, 0.2) is 40.9 Å². The number of anilines is 1. The molecule has 1 aromatic heterocycles. The Kier molecular flexibility index (Phi) is 8.54. The van der Waals surface area contributed by atoms with Crippen LogP contribution in [0.4, 0.5) is 5.69 Å². The Morgan fingerprint density at radius 2 is 1.77 bits per heavy atom. The van der Waals surface area contributed by atoms with Crippen LogP contribution in [0, 0.1) is 5.92 Å². The highest BCUT2D eigenvalue weighted by Gasteiger charge is 2.29. The van der Waals surface area contributed by atoms with Crippen molar-refractivity contribution in [1.82, 2.24) is 15.0 Å². The quantitative estimate of drug-likeness (QED) is 0.409. The van der Waals surface area contributed by atoms with Crippen molar-refractivity contribution in [2.45, 2.75) is 45.6 Å². The molecule has 3 aromatic rings. The highest BCUT2D eigenvalue weighted by atomic mass is 16.5. The molecule has 4 rings (SSSR count). The summed E-state index contributed by atoms with van der Waals surface area (Å²) in [7, 11) is 4.25. The number of hydrogen-bond donors (Lipinski definition) is 1. The van der Waals surface area contributed by atoms with Crippen LogP contribution in [0.25, 0.3) is 11.4 Å². The van der Waals surface area contributed by atoms with Crippen molar-refractivity contribution in [3.63, 3.8) is 0 Å². The SMILES string of the molecule is COC(=O)c1cc(OC)c(OC)cc1NC(=O)C1CCCN(Cc2nc(-c3ccc(C(C)(C)C)cc3)no2)C1. The highest BCUT2D eigenvalue weighted by molar-refractivity contribution is 6.02. The molecular weight excluding hydrogens is 500 g/mol.